The summed E-state index contributed by atoms with van der Waals surface area (Å²) >= 11 is 0. The second-order valence-corrected chi connectivity index (χ2v) is 6.09. The zero-order valence-corrected chi connectivity index (χ0v) is 14.4. The summed E-state index contributed by atoms with van der Waals surface area (Å²) in [6.07, 6.45) is 7.27. The van der Waals surface area contributed by atoms with Gasteiger partial charge >= 0.3 is 0 Å². The Morgan fingerprint density at radius 2 is 2.08 bits per heavy atom. The quantitative estimate of drug-likeness (QED) is 0.540. The molecule has 0 fully saturated rings. The van der Waals surface area contributed by atoms with Gasteiger partial charge in [-0.05, 0) is 38.0 Å². The molecule has 0 saturated heterocycles. The smallest absolute Gasteiger partial charge is 0.159 e. The van der Waals surface area contributed by atoms with Crippen LogP contribution in [0.3, 0.4) is 0 Å². The third-order valence-electron chi connectivity index (χ3n) is 3.68. The molecule has 1 aromatic carbocycles. The number of aryl methyl sites for hydroxylation is 1. The van der Waals surface area contributed by atoms with Gasteiger partial charge in [0.25, 0.3) is 0 Å². The van der Waals surface area contributed by atoms with Gasteiger partial charge in [-0.3, -0.25) is 0 Å². The molecular weight excluding hydrogens is 304 g/mol. The molecule has 1 atom stereocenters. The number of ether oxygens (including phenoxy) is 1. The van der Waals surface area contributed by atoms with Crippen LogP contribution in [-0.4, -0.2) is 22.6 Å². The van der Waals surface area contributed by atoms with E-state index in [0.717, 1.165) is 30.5 Å². The van der Waals surface area contributed by atoms with Crippen LogP contribution in [-0.2, 0) is 0 Å². The van der Waals surface area contributed by atoms with Gasteiger partial charge in [0.2, 0.25) is 0 Å². The lowest BCUT2D eigenvalue weighted by Crippen LogP contribution is -2.45. The van der Waals surface area contributed by atoms with Crippen molar-refractivity contribution in [2.45, 2.75) is 45.3 Å². The summed E-state index contributed by atoms with van der Waals surface area (Å²) < 4.78 is 10.9. The van der Waals surface area contributed by atoms with Crippen LogP contribution in [0, 0.1) is 6.92 Å². The van der Waals surface area contributed by atoms with Crippen LogP contribution in [0.25, 0.3) is 12.2 Å². The Bertz CT molecular complexity index is 662. The number of hydrogen-bond acceptors (Lipinski definition) is 5. The number of rotatable bonds is 9. The first-order chi connectivity index (χ1) is 11.5. The average Bonchev–Trinajstić information content (AvgIpc) is 2.97. The summed E-state index contributed by atoms with van der Waals surface area (Å²) in [7, 11) is 0. The molecule has 5 nitrogen and oxygen atoms in total. The van der Waals surface area contributed by atoms with Gasteiger partial charge in [0.05, 0.1) is 5.69 Å². The first-order valence-corrected chi connectivity index (χ1v) is 8.34. The van der Waals surface area contributed by atoms with Crippen molar-refractivity contribution in [3.05, 3.63) is 47.3 Å². The van der Waals surface area contributed by atoms with Crippen molar-refractivity contribution in [2.24, 2.45) is 5.73 Å². The van der Waals surface area contributed by atoms with E-state index in [4.69, 9.17) is 15.0 Å². The van der Waals surface area contributed by atoms with Gasteiger partial charge in [0.1, 0.15) is 18.1 Å². The van der Waals surface area contributed by atoms with E-state index in [1.54, 1.807) is 0 Å². The van der Waals surface area contributed by atoms with Gasteiger partial charge in [-0.25, -0.2) is 0 Å². The van der Waals surface area contributed by atoms with Crippen molar-refractivity contribution in [3.8, 4) is 5.75 Å². The minimum Gasteiger partial charge on any atom is -0.489 e. The molecule has 2 rings (SSSR count). The van der Waals surface area contributed by atoms with E-state index in [1.807, 2.05) is 49.4 Å². The first kappa shape index (κ1) is 18.2. The highest BCUT2D eigenvalue weighted by Crippen LogP contribution is 2.22. The maximum atomic E-state index is 10.2. The first-order valence-electron chi connectivity index (χ1n) is 8.34. The largest absolute Gasteiger partial charge is 0.489 e. The van der Waals surface area contributed by atoms with Gasteiger partial charge < -0.3 is 20.1 Å². The highest BCUT2D eigenvalue weighted by Gasteiger charge is 2.21. The Kier molecular flexibility index (Phi) is 6.58. The molecule has 0 aliphatic rings. The number of benzene rings is 1. The van der Waals surface area contributed by atoms with Gasteiger partial charge in [-0.1, -0.05) is 43.1 Å². The van der Waals surface area contributed by atoms with Crippen molar-refractivity contribution >= 4 is 12.2 Å². The molecule has 1 unspecified atom stereocenters. The zero-order chi connectivity index (χ0) is 17.4. The Hall–Kier alpha value is -2.11. The molecule has 0 spiro atoms. The van der Waals surface area contributed by atoms with Crippen LogP contribution in [0.1, 0.15) is 49.6 Å². The highest BCUT2D eigenvalue weighted by atomic mass is 16.5. The highest BCUT2D eigenvalue weighted by molar-refractivity contribution is 5.70. The topological polar surface area (TPSA) is 81.5 Å². The molecule has 0 amide bonds. The van der Waals surface area contributed by atoms with Gasteiger partial charge in [-0.2, -0.15) is 0 Å². The molecule has 1 aromatic heterocycles. The molecule has 0 aliphatic carbocycles. The summed E-state index contributed by atoms with van der Waals surface area (Å²) in [6.45, 7) is 4.05. The number of unbranched alkanes of at least 4 members (excludes halogenated alkanes) is 2. The lowest BCUT2D eigenvalue weighted by atomic mass is 10.1. The number of aromatic nitrogens is 1. The van der Waals surface area contributed by atoms with E-state index >= 15 is 0 Å². The van der Waals surface area contributed by atoms with Gasteiger partial charge in [-0.15, -0.1) is 0 Å². The third-order valence-corrected chi connectivity index (χ3v) is 3.68. The molecule has 2 aromatic rings. The van der Waals surface area contributed by atoms with Crippen molar-refractivity contribution in [1.82, 2.24) is 5.16 Å². The number of nitrogens with zero attached hydrogens (tertiary/aromatic N) is 1. The monoisotopic (exact) mass is 330 g/mol. The minimum atomic E-state index is -1.31. The minimum absolute atomic E-state index is 0.0585. The SMILES string of the molecule is CCCCCC(N)(O)COc1ccccc1C=Cc1cc(C)no1. The normalized spacial score (nSPS) is 14.0. The van der Waals surface area contributed by atoms with Crippen molar-refractivity contribution in [1.29, 1.82) is 0 Å². The van der Waals surface area contributed by atoms with Crippen LogP contribution in [0.15, 0.2) is 34.9 Å². The number of para-hydroxylation sites is 1. The second-order valence-electron chi connectivity index (χ2n) is 6.09. The second kappa shape index (κ2) is 8.66. The maximum absolute atomic E-state index is 10.2. The van der Waals surface area contributed by atoms with E-state index in [2.05, 4.69) is 12.1 Å². The Morgan fingerprint density at radius 1 is 1.29 bits per heavy atom. The maximum Gasteiger partial charge on any atom is 0.159 e. The van der Waals surface area contributed by atoms with Crippen LogP contribution >= 0.6 is 0 Å². The predicted molar refractivity (Wildman–Crippen MR) is 95.4 cm³/mol. The molecule has 130 valence electrons. The van der Waals surface area contributed by atoms with Crippen molar-refractivity contribution in [2.75, 3.05) is 6.61 Å². The Balaban J connectivity index is 1.99. The molecule has 24 heavy (non-hydrogen) atoms. The lowest BCUT2D eigenvalue weighted by Gasteiger charge is -2.23. The Morgan fingerprint density at radius 3 is 2.79 bits per heavy atom. The number of nitrogens with two attached hydrogens (primary N) is 1. The Labute approximate surface area is 143 Å². The predicted octanol–water partition coefficient (Wildman–Crippen LogP) is 3.76. The van der Waals surface area contributed by atoms with E-state index in [1.165, 1.54) is 0 Å². The number of hydrogen-bond donors (Lipinski definition) is 2. The fraction of sp³-hybridized carbons (Fsp3) is 0.421. The van der Waals surface area contributed by atoms with E-state index in [0.29, 0.717) is 17.9 Å². The zero-order valence-electron chi connectivity index (χ0n) is 14.4. The molecular formula is C19H26N2O3. The average molecular weight is 330 g/mol. The lowest BCUT2D eigenvalue weighted by molar-refractivity contribution is -0.00863. The molecule has 5 heteroatoms. The molecule has 3 N–H and O–H groups in total. The third kappa shape index (κ3) is 5.83. The number of aliphatic hydroxyl groups is 1. The van der Waals surface area contributed by atoms with E-state index in [-0.39, 0.29) is 6.61 Å². The van der Waals surface area contributed by atoms with E-state index in [9.17, 15) is 5.11 Å². The molecule has 0 bridgehead atoms. The van der Waals surface area contributed by atoms with Crippen LogP contribution < -0.4 is 10.5 Å². The standard InChI is InChI=1S/C19H26N2O3/c1-3-4-7-12-19(20,22)14-23-18-9-6-5-8-16(18)10-11-17-13-15(2)21-24-17/h5-6,8-11,13,22H,3-4,7,12,14,20H2,1-2H3. The molecule has 0 radical (unpaired) electrons. The fourth-order valence-electron chi connectivity index (χ4n) is 2.34. The summed E-state index contributed by atoms with van der Waals surface area (Å²) in [5, 5.41) is 14.1. The summed E-state index contributed by atoms with van der Waals surface area (Å²) in [5.74, 6) is 1.35. The van der Waals surface area contributed by atoms with Gasteiger partial charge in [0.15, 0.2) is 5.76 Å². The summed E-state index contributed by atoms with van der Waals surface area (Å²) in [6, 6.07) is 9.45. The van der Waals surface area contributed by atoms with Gasteiger partial charge in [0, 0.05) is 11.6 Å². The van der Waals surface area contributed by atoms with Crippen LogP contribution in [0.4, 0.5) is 0 Å². The summed E-state index contributed by atoms with van der Waals surface area (Å²) in [5.41, 5.74) is 6.32. The summed E-state index contributed by atoms with van der Waals surface area (Å²) in [4.78, 5) is 0. The van der Waals surface area contributed by atoms with Crippen molar-refractivity contribution in [3.63, 3.8) is 0 Å². The molecule has 1 heterocycles. The fourth-order valence-corrected chi connectivity index (χ4v) is 2.34. The van der Waals surface area contributed by atoms with E-state index < -0.39 is 5.72 Å². The molecule has 0 saturated carbocycles. The van der Waals surface area contributed by atoms with Crippen molar-refractivity contribution < 1.29 is 14.4 Å². The van der Waals surface area contributed by atoms with Crippen LogP contribution in [0.2, 0.25) is 0 Å². The van der Waals surface area contributed by atoms with Crippen LogP contribution in [0.5, 0.6) is 5.75 Å². The molecule has 0 aliphatic heterocycles.